The molecule has 5 nitrogen and oxygen atoms in total. The van der Waals surface area contributed by atoms with Gasteiger partial charge < -0.3 is 9.64 Å². The number of anilines is 1. The van der Waals surface area contributed by atoms with Crippen LogP contribution in [0.25, 0.3) is 0 Å². The Balaban J connectivity index is 1.98. The van der Waals surface area contributed by atoms with Gasteiger partial charge in [0.2, 0.25) is 0 Å². The van der Waals surface area contributed by atoms with Gasteiger partial charge in [-0.2, -0.15) is 18.3 Å². The Kier molecular flexibility index (Phi) is 3.23. The fraction of sp³-hybridized carbons (Fsp3) is 0.385. The predicted molar refractivity (Wildman–Crippen MR) is 69.3 cm³/mol. The minimum absolute atomic E-state index is 0.147. The minimum Gasteiger partial charge on any atom is -0.442 e. The zero-order chi connectivity index (χ0) is 15.0. The third-order valence-electron chi connectivity index (χ3n) is 3.45. The van der Waals surface area contributed by atoms with Crippen LogP contribution in [0, 0.1) is 0 Å². The molecular formula is C13H12F3N3O2. The summed E-state index contributed by atoms with van der Waals surface area (Å²) in [6, 6.07) is 4.05. The predicted octanol–water partition coefficient (Wildman–Crippen LogP) is 2.36. The van der Waals surface area contributed by atoms with Gasteiger partial charge in [0.1, 0.15) is 12.3 Å². The van der Waals surface area contributed by atoms with Crippen molar-refractivity contribution >= 4 is 17.5 Å². The first-order chi connectivity index (χ1) is 9.95. The van der Waals surface area contributed by atoms with Crippen LogP contribution in [0.5, 0.6) is 0 Å². The Bertz CT molecular complexity index is 609. The lowest BCUT2D eigenvalue weighted by Gasteiger charge is -2.35. The number of ether oxygens (including phenoxy) is 1. The van der Waals surface area contributed by atoms with E-state index >= 15 is 0 Å². The maximum absolute atomic E-state index is 13.2. The highest BCUT2D eigenvalue weighted by Gasteiger charge is 2.36. The third-order valence-corrected chi connectivity index (χ3v) is 3.45. The lowest BCUT2D eigenvalue weighted by molar-refractivity contribution is -0.137. The average Bonchev–Trinajstić information content (AvgIpc) is 2.37. The van der Waals surface area contributed by atoms with Crippen molar-refractivity contribution in [3.05, 3.63) is 29.3 Å². The van der Waals surface area contributed by atoms with Crippen molar-refractivity contribution in [2.45, 2.75) is 12.6 Å². The van der Waals surface area contributed by atoms with E-state index in [1.54, 1.807) is 11.0 Å². The summed E-state index contributed by atoms with van der Waals surface area (Å²) in [5.41, 5.74) is 2.11. The lowest BCUT2D eigenvalue weighted by atomic mass is 10.0. The molecule has 8 heteroatoms. The zero-order valence-electron chi connectivity index (χ0n) is 10.9. The number of hydrazone groups is 1. The van der Waals surface area contributed by atoms with Crippen molar-refractivity contribution in [1.82, 2.24) is 5.43 Å². The Labute approximate surface area is 118 Å². The molecule has 0 radical (unpaired) electrons. The average molecular weight is 299 g/mol. The highest BCUT2D eigenvalue weighted by atomic mass is 19.4. The number of halogens is 3. The molecule has 0 aliphatic carbocycles. The second kappa shape index (κ2) is 4.94. The van der Waals surface area contributed by atoms with Gasteiger partial charge in [-0.15, -0.1) is 0 Å². The van der Waals surface area contributed by atoms with Crippen molar-refractivity contribution in [2.75, 3.05) is 24.6 Å². The van der Waals surface area contributed by atoms with Crippen LogP contribution in [0.3, 0.4) is 0 Å². The van der Waals surface area contributed by atoms with Gasteiger partial charge in [0, 0.05) is 24.3 Å². The van der Waals surface area contributed by atoms with Crippen molar-refractivity contribution in [2.24, 2.45) is 5.10 Å². The van der Waals surface area contributed by atoms with Crippen molar-refractivity contribution < 1.29 is 22.7 Å². The Morgan fingerprint density at radius 3 is 2.57 bits per heavy atom. The summed E-state index contributed by atoms with van der Waals surface area (Å²) in [5, 5.41) is 3.72. The van der Waals surface area contributed by atoms with E-state index in [9.17, 15) is 18.0 Å². The number of rotatable bonds is 2. The zero-order valence-corrected chi connectivity index (χ0v) is 10.9. The number of carbonyl (C=O) groups is 1. The van der Waals surface area contributed by atoms with Gasteiger partial charge in [0.25, 0.3) is 0 Å². The van der Waals surface area contributed by atoms with Crippen molar-refractivity contribution in [1.29, 1.82) is 0 Å². The summed E-state index contributed by atoms with van der Waals surface area (Å²) in [6.07, 6.45) is -4.27. The molecule has 0 unspecified atom stereocenters. The van der Waals surface area contributed by atoms with Gasteiger partial charge in [-0.1, -0.05) is 6.07 Å². The van der Waals surface area contributed by atoms with Gasteiger partial charge in [0.05, 0.1) is 5.56 Å². The number of benzene rings is 1. The molecule has 0 atom stereocenters. The molecule has 2 aliphatic rings. The number of nitrogens with one attached hydrogen (secondary N) is 1. The van der Waals surface area contributed by atoms with E-state index in [2.05, 4.69) is 10.5 Å². The summed E-state index contributed by atoms with van der Waals surface area (Å²) in [7, 11) is 0. The topological polar surface area (TPSA) is 53.9 Å². The monoisotopic (exact) mass is 299 g/mol. The molecule has 3 rings (SSSR count). The molecule has 0 saturated carbocycles. The first kappa shape index (κ1) is 13.7. The molecule has 2 aliphatic heterocycles. The minimum atomic E-state index is -4.44. The van der Waals surface area contributed by atoms with Gasteiger partial charge in [-0.25, -0.2) is 10.2 Å². The molecule has 1 saturated heterocycles. The Morgan fingerprint density at radius 1 is 1.29 bits per heavy atom. The first-order valence-corrected chi connectivity index (χ1v) is 6.41. The highest BCUT2D eigenvalue weighted by molar-refractivity contribution is 6.04. The maximum atomic E-state index is 13.2. The molecule has 0 spiro atoms. The Hall–Kier alpha value is -2.25. The van der Waals surface area contributed by atoms with Gasteiger partial charge in [-0.3, -0.25) is 0 Å². The number of amides is 1. The first-order valence-electron chi connectivity index (χ1n) is 6.41. The summed E-state index contributed by atoms with van der Waals surface area (Å²) in [6.45, 7) is 1.11. The van der Waals surface area contributed by atoms with Crippen LogP contribution in [0.1, 0.15) is 17.5 Å². The molecule has 0 aromatic heterocycles. The molecule has 1 N–H and O–H groups in total. The molecule has 1 aromatic carbocycles. The Morgan fingerprint density at radius 2 is 2.05 bits per heavy atom. The van der Waals surface area contributed by atoms with E-state index in [0.717, 1.165) is 12.5 Å². The smallest absolute Gasteiger partial charge is 0.428 e. The van der Waals surface area contributed by atoms with Crippen LogP contribution in [0.15, 0.2) is 23.3 Å². The second-order valence-corrected chi connectivity index (χ2v) is 4.82. The standard InChI is InChI=1S/C13H12F3N3O2/c14-13(15,16)9-6-8(10-7-21-12(20)18-17-10)2-3-11(9)19-4-1-5-19/h2-3,6H,1,4-5,7H2,(H,18,20). The molecule has 1 amide bonds. The quantitative estimate of drug-likeness (QED) is 0.912. The van der Waals surface area contributed by atoms with E-state index < -0.39 is 17.8 Å². The van der Waals surface area contributed by atoms with E-state index in [4.69, 9.17) is 4.74 Å². The van der Waals surface area contributed by atoms with E-state index in [-0.39, 0.29) is 23.6 Å². The van der Waals surface area contributed by atoms with Crippen LogP contribution < -0.4 is 10.3 Å². The largest absolute Gasteiger partial charge is 0.442 e. The number of nitrogens with zero attached hydrogens (tertiary/aromatic N) is 2. The fourth-order valence-electron chi connectivity index (χ4n) is 2.23. The maximum Gasteiger partial charge on any atom is 0.428 e. The molecule has 21 heavy (non-hydrogen) atoms. The van der Waals surface area contributed by atoms with E-state index in [1.165, 1.54) is 6.07 Å². The number of hydrogen-bond acceptors (Lipinski definition) is 4. The van der Waals surface area contributed by atoms with Gasteiger partial charge >= 0.3 is 12.3 Å². The summed E-state index contributed by atoms with van der Waals surface area (Å²) >= 11 is 0. The molecule has 1 aromatic rings. The summed E-state index contributed by atoms with van der Waals surface area (Å²) in [4.78, 5) is 12.5. The number of carbonyl (C=O) groups excluding carboxylic acids is 1. The normalized spacial score (nSPS) is 18.5. The van der Waals surface area contributed by atoms with Crippen LogP contribution in [-0.2, 0) is 10.9 Å². The number of alkyl halides is 3. The summed E-state index contributed by atoms with van der Waals surface area (Å²) in [5.74, 6) is 0. The highest BCUT2D eigenvalue weighted by Crippen LogP contribution is 2.38. The van der Waals surface area contributed by atoms with Crippen molar-refractivity contribution in [3.63, 3.8) is 0 Å². The van der Waals surface area contributed by atoms with Crippen molar-refractivity contribution in [3.8, 4) is 0 Å². The van der Waals surface area contributed by atoms with Crippen LogP contribution >= 0.6 is 0 Å². The third kappa shape index (κ3) is 2.65. The number of cyclic esters (lactones) is 1. The van der Waals surface area contributed by atoms with E-state index in [0.29, 0.717) is 13.1 Å². The lowest BCUT2D eigenvalue weighted by Crippen LogP contribution is -2.38. The molecule has 2 heterocycles. The molecular weight excluding hydrogens is 287 g/mol. The van der Waals surface area contributed by atoms with E-state index in [1.807, 2.05) is 0 Å². The molecule has 1 fully saturated rings. The van der Waals surface area contributed by atoms with Crippen LogP contribution in [0.2, 0.25) is 0 Å². The molecule has 112 valence electrons. The van der Waals surface area contributed by atoms with Gasteiger partial charge in [-0.05, 0) is 18.6 Å². The second-order valence-electron chi connectivity index (χ2n) is 4.82. The number of hydrogen-bond donors (Lipinski definition) is 1. The fourth-order valence-corrected chi connectivity index (χ4v) is 2.23. The van der Waals surface area contributed by atoms with Crippen LogP contribution in [-0.4, -0.2) is 31.5 Å². The van der Waals surface area contributed by atoms with Gasteiger partial charge in [0.15, 0.2) is 0 Å². The SMILES string of the molecule is O=C1NN=C(c2ccc(N3CCC3)c(C(F)(F)F)c2)CO1. The van der Waals surface area contributed by atoms with Crippen LogP contribution in [0.4, 0.5) is 23.7 Å². The summed E-state index contributed by atoms with van der Waals surface area (Å²) < 4.78 is 44.3. The molecule has 0 bridgehead atoms.